The largest absolute Gasteiger partial charge is 0.357 e. The molecule has 2 rings (SSSR count). The van der Waals surface area contributed by atoms with Crippen molar-refractivity contribution < 1.29 is 0 Å². The van der Waals surface area contributed by atoms with Crippen molar-refractivity contribution in [2.75, 3.05) is 6.54 Å². The zero-order valence-corrected chi connectivity index (χ0v) is 14.1. The van der Waals surface area contributed by atoms with Crippen LogP contribution in [0.5, 0.6) is 0 Å². The van der Waals surface area contributed by atoms with Crippen molar-refractivity contribution in [2.24, 2.45) is 10.9 Å². The summed E-state index contributed by atoms with van der Waals surface area (Å²) in [7, 11) is 0. The van der Waals surface area contributed by atoms with Gasteiger partial charge < -0.3 is 10.6 Å². The fourth-order valence-electron chi connectivity index (χ4n) is 1.87. The topological polar surface area (TPSA) is 49.3 Å². The average molecular weight is 374 g/mol. The lowest BCUT2D eigenvalue weighted by Crippen LogP contribution is -2.39. The normalized spacial score (nSPS) is 21.5. The molecule has 0 amide bonds. The van der Waals surface area contributed by atoms with E-state index in [0.717, 1.165) is 29.8 Å². The molecule has 19 heavy (non-hydrogen) atoms. The van der Waals surface area contributed by atoms with E-state index >= 15 is 0 Å². The minimum atomic E-state index is 0. The van der Waals surface area contributed by atoms with E-state index < -0.39 is 0 Å². The zero-order chi connectivity index (χ0) is 13.0. The van der Waals surface area contributed by atoms with Crippen molar-refractivity contribution in [3.8, 4) is 0 Å². The molecule has 1 aliphatic carbocycles. The summed E-state index contributed by atoms with van der Waals surface area (Å²) in [5.74, 6) is 1.67. The second-order valence-corrected chi connectivity index (χ2v) is 4.93. The van der Waals surface area contributed by atoms with Crippen molar-refractivity contribution in [3.63, 3.8) is 0 Å². The van der Waals surface area contributed by atoms with Gasteiger partial charge >= 0.3 is 0 Å². The number of nitrogens with zero attached hydrogens (tertiary/aromatic N) is 2. The SMILES string of the molecule is CCNC(=NCc1cccc(C)n1)NC1CC1C.I. The first kappa shape index (κ1) is 16.2. The smallest absolute Gasteiger partial charge is 0.191 e. The number of aromatic nitrogens is 1. The molecule has 0 radical (unpaired) electrons. The number of pyridine rings is 1. The summed E-state index contributed by atoms with van der Waals surface area (Å²) in [5, 5.41) is 6.71. The summed E-state index contributed by atoms with van der Waals surface area (Å²) in [6, 6.07) is 6.63. The Morgan fingerprint density at radius 2 is 2.21 bits per heavy atom. The molecule has 5 heteroatoms. The first-order valence-electron chi connectivity index (χ1n) is 6.66. The fraction of sp³-hybridized carbons (Fsp3) is 0.571. The Bertz CT molecular complexity index is 433. The number of nitrogens with one attached hydrogen (secondary N) is 2. The van der Waals surface area contributed by atoms with E-state index in [1.54, 1.807) is 0 Å². The molecule has 1 aromatic heterocycles. The maximum atomic E-state index is 4.57. The summed E-state index contributed by atoms with van der Waals surface area (Å²) in [6.07, 6.45) is 1.24. The third kappa shape index (κ3) is 5.34. The summed E-state index contributed by atoms with van der Waals surface area (Å²) in [4.78, 5) is 9.02. The van der Waals surface area contributed by atoms with Crippen LogP contribution >= 0.6 is 24.0 Å². The highest BCUT2D eigenvalue weighted by molar-refractivity contribution is 14.0. The van der Waals surface area contributed by atoms with Gasteiger partial charge in [-0.25, -0.2) is 4.99 Å². The number of rotatable bonds is 4. The highest BCUT2D eigenvalue weighted by Gasteiger charge is 2.33. The van der Waals surface area contributed by atoms with E-state index in [-0.39, 0.29) is 24.0 Å². The Morgan fingerprint density at radius 1 is 1.47 bits per heavy atom. The first-order chi connectivity index (χ1) is 8.69. The summed E-state index contributed by atoms with van der Waals surface area (Å²) >= 11 is 0. The van der Waals surface area contributed by atoms with Crippen molar-refractivity contribution in [2.45, 2.75) is 39.8 Å². The molecule has 1 aliphatic rings. The second-order valence-electron chi connectivity index (χ2n) is 4.93. The van der Waals surface area contributed by atoms with Crippen LogP contribution in [0, 0.1) is 12.8 Å². The van der Waals surface area contributed by atoms with Crippen LogP contribution in [0.4, 0.5) is 0 Å². The van der Waals surface area contributed by atoms with Crippen molar-refractivity contribution >= 4 is 29.9 Å². The van der Waals surface area contributed by atoms with Crippen LogP contribution < -0.4 is 10.6 Å². The van der Waals surface area contributed by atoms with E-state index in [2.05, 4.69) is 34.5 Å². The van der Waals surface area contributed by atoms with Crippen molar-refractivity contribution in [3.05, 3.63) is 29.6 Å². The van der Waals surface area contributed by atoms with Gasteiger partial charge in [0.2, 0.25) is 0 Å². The van der Waals surface area contributed by atoms with Crippen LogP contribution in [-0.4, -0.2) is 23.5 Å². The highest BCUT2D eigenvalue weighted by Crippen LogP contribution is 2.28. The summed E-state index contributed by atoms with van der Waals surface area (Å²) in [5.41, 5.74) is 2.05. The number of hydrogen-bond donors (Lipinski definition) is 2. The van der Waals surface area contributed by atoms with Crippen LogP contribution in [0.2, 0.25) is 0 Å². The maximum Gasteiger partial charge on any atom is 0.191 e. The van der Waals surface area contributed by atoms with E-state index in [1.807, 2.05) is 25.1 Å². The lowest BCUT2D eigenvalue weighted by molar-refractivity contribution is 0.764. The van der Waals surface area contributed by atoms with Crippen LogP contribution in [0.25, 0.3) is 0 Å². The van der Waals surface area contributed by atoms with E-state index in [1.165, 1.54) is 6.42 Å². The predicted octanol–water partition coefficient (Wildman–Crippen LogP) is 2.47. The van der Waals surface area contributed by atoms with Gasteiger partial charge in [0.15, 0.2) is 5.96 Å². The molecular formula is C14H23IN4. The van der Waals surface area contributed by atoms with Gasteiger partial charge in [-0.15, -0.1) is 24.0 Å². The van der Waals surface area contributed by atoms with Gasteiger partial charge in [-0.2, -0.15) is 0 Å². The van der Waals surface area contributed by atoms with Crippen LogP contribution in [-0.2, 0) is 6.54 Å². The van der Waals surface area contributed by atoms with Gasteiger partial charge in [0.1, 0.15) is 0 Å². The number of aryl methyl sites for hydroxylation is 1. The van der Waals surface area contributed by atoms with Crippen LogP contribution in [0.1, 0.15) is 31.7 Å². The fourth-order valence-corrected chi connectivity index (χ4v) is 1.87. The Balaban J connectivity index is 0.00000180. The Morgan fingerprint density at radius 3 is 2.79 bits per heavy atom. The Hall–Kier alpha value is -0.850. The molecule has 1 saturated carbocycles. The molecule has 2 atom stereocenters. The maximum absolute atomic E-state index is 4.57. The van der Waals surface area contributed by atoms with Gasteiger partial charge in [0.25, 0.3) is 0 Å². The predicted molar refractivity (Wildman–Crippen MR) is 89.9 cm³/mol. The van der Waals surface area contributed by atoms with Crippen LogP contribution in [0.15, 0.2) is 23.2 Å². The first-order valence-corrected chi connectivity index (χ1v) is 6.66. The Kier molecular flexibility index (Phi) is 6.54. The minimum Gasteiger partial charge on any atom is -0.357 e. The summed E-state index contributed by atoms with van der Waals surface area (Å²) < 4.78 is 0. The molecule has 0 aliphatic heterocycles. The molecule has 0 spiro atoms. The molecule has 0 aromatic carbocycles. The lowest BCUT2D eigenvalue weighted by Gasteiger charge is -2.10. The molecule has 4 nitrogen and oxygen atoms in total. The molecule has 0 bridgehead atoms. The Labute approximate surface area is 132 Å². The molecule has 1 fully saturated rings. The van der Waals surface area contributed by atoms with Crippen molar-refractivity contribution in [1.82, 2.24) is 15.6 Å². The quantitative estimate of drug-likeness (QED) is 0.484. The number of halogens is 1. The third-order valence-electron chi connectivity index (χ3n) is 3.12. The number of hydrogen-bond acceptors (Lipinski definition) is 2. The van der Waals surface area contributed by atoms with Gasteiger partial charge in [0.05, 0.1) is 12.2 Å². The zero-order valence-electron chi connectivity index (χ0n) is 11.8. The van der Waals surface area contributed by atoms with E-state index in [0.29, 0.717) is 12.6 Å². The number of guanidine groups is 1. The van der Waals surface area contributed by atoms with Gasteiger partial charge in [-0.3, -0.25) is 4.98 Å². The number of aliphatic imine (C=N–C) groups is 1. The third-order valence-corrected chi connectivity index (χ3v) is 3.12. The van der Waals surface area contributed by atoms with E-state index in [9.17, 15) is 0 Å². The van der Waals surface area contributed by atoms with Gasteiger partial charge in [-0.1, -0.05) is 13.0 Å². The molecule has 1 aromatic rings. The molecule has 0 saturated heterocycles. The average Bonchev–Trinajstić information content (AvgIpc) is 3.02. The summed E-state index contributed by atoms with van der Waals surface area (Å²) in [6.45, 7) is 7.84. The molecule has 2 unspecified atom stereocenters. The minimum absolute atomic E-state index is 0. The van der Waals surface area contributed by atoms with Gasteiger partial charge in [-0.05, 0) is 38.3 Å². The van der Waals surface area contributed by atoms with E-state index in [4.69, 9.17) is 0 Å². The monoisotopic (exact) mass is 374 g/mol. The lowest BCUT2D eigenvalue weighted by atomic mass is 10.3. The molecule has 106 valence electrons. The van der Waals surface area contributed by atoms with Gasteiger partial charge in [0, 0.05) is 18.3 Å². The van der Waals surface area contributed by atoms with Crippen LogP contribution in [0.3, 0.4) is 0 Å². The molecule has 1 heterocycles. The highest BCUT2D eigenvalue weighted by atomic mass is 127. The molecular weight excluding hydrogens is 351 g/mol. The van der Waals surface area contributed by atoms with Crippen molar-refractivity contribution in [1.29, 1.82) is 0 Å². The second kappa shape index (κ2) is 7.67. The molecule has 2 N–H and O–H groups in total. The standard InChI is InChI=1S/C14H22N4.HI/c1-4-15-14(18-13-8-10(13)2)16-9-12-7-5-6-11(3)17-12;/h5-7,10,13H,4,8-9H2,1-3H3,(H2,15,16,18);1H.